The Labute approximate surface area is 76.2 Å². The first kappa shape index (κ1) is 10.1. The van der Waals surface area contributed by atoms with Crippen LogP contribution in [0.1, 0.15) is 19.7 Å². The summed E-state index contributed by atoms with van der Waals surface area (Å²) >= 11 is 0. The van der Waals surface area contributed by atoms with Crippen molar-refractivity contribution in [1.29, 1.82) is 0 Å². The zero-order chi connectivity index (χ0) is 10.1. The number of aliphatic hydroxyl groups is 1. The van der Waals surface area contributed by atoms with E-state index in [1.807, 2.05) is 0 Å². The first-order valence-corrected chi connectivity index (χ1v) is 3.82. The molecule has 3 N–H and O–H groups in total. The molecule has 0 fully saturated rings. The Kier molecular flexibility index (Phi) is 2.65. The van der Waals surface area contributed by atoms with Crippen molar-refractivity contribution in [2.75, 3.05) is 0 Å². The van der Waals surface area contributed by atoms with Crippen molar-refractivity contribution in [3.8, 4) is 0 Å². The van der Waals surface area contributed by atoms with Crippen LogP contribution in [0.25, 0.3) is 0 Å². The molecule has 70 valence electrons. The SMILES string of the molecule is CC(C)(O)c1ncc(B(O)O)cn1. The van der Waals surface area contributed by atoms with Gasteiger partial charge in [0.15, 0.2) is 5.82 Å². The maximum absolute atomic E-state index is 9.47. The molecule has 6 heteroatoms. The summed E-state index contributed by atoms with van der Waals surface area (Å²) in [5.41, 5.74) is -0.910. The summed E-state index contributed by atoms with van der Waals surface area (Å²) in [5.74, 6) is 0.247. The van der Waals surface area contributed by atoms with E-state index in [4.69, 9.17) is 10.0 Å². The Morgan fingerprint density at radius 2 is 1.69 bits per heavy atom. The molecule has 1 aromatic heterocycles. The summed E-state index contributed by atoms with van der Waals surface area (Å²) in [6.45, 7) is 3.11. The number of nitrogens with zero attached hydrogens (tertiary/aromatic N) is 2. The van der Waals surface area contributed by atoms with E-state index in [1.165, 1.54) is 12.4 Å². The average molecular weight is 182 g/mol. The molecule has 1 aromatic rings. The largest absolute Gasteiger partial charge is 0.491 e. The van der Waals surface area contributed by atoms with Crippen LogP contribution in [0, 0.1) is 0 Å². The van der Waals surface area contributed by atoms with Crippen molar-refractivity contribution in [2.24, 2.45) is 0 Å². The quantitative estimate of drug-likeness (QED) is 0.478. The van der Waals surface area contributed by atoms with Gasteiger partial charge >= 0.3 is 7.12 Å². The van der Waals surface area contributed by atoms with Crippen molar-refractivity contribution in [2.45, 2.75) is 19.4 Å². The van der Waals surface area contributed by atoms with Crippen LogP contribution in [0.3, 0.4) is 0 Å². The van der Waals surface area contributed by atoms with Gasteiger partial charge in [-0.15, -0.1) is 0 Å². The van der Waals surface area contributed by atoms with Gasteiger partial charge < -0.3 is 15.2 Å². The van der Waals surface area contributed by atoms with E-state index in [2.05, 4.69) is 9.97 Å². The van der Waals surface area contributed by atoms with E-state index < -0.39 is 12.7 Å². The second kappa shape index (κ2) is 3.41. The molecule has 0 spiro atoms. The Morgan fingerprint density at radius 3 is 2.00 bits per heavy atom. The summed E-state index contributed by atoms with van der Waals surface area (Å²) in [6, 6.07) is 0. The fourth-order valence-electron chi connectivity index (χ4n) is 0.787. The van der Waals surface area contributed by atoms with Crippen LogP contribution < -0.4 is 5.46 Å². The van der Waals surface area contributed by atoms with Gasteiger partial charge in [-0.2, -0.15) is 0 Å². The van der Waals surface area contributed by atoms with Crippen molar-refractivity contribution in [1.82, 2.24) is 9.97 Å². The minimum Gasteiger partial charge on any atom is -0.423 e. The van der Waals surface area contributed by atoms with Crippen LogP contribution >= 0.6 is 0 Å². The molecular weight excluding hydrogens is 171 g/mol. The molecule has 0 bridgehead atoms. The fraction of sp³-hybridized carbons (Fsp3) is 0.429. The molecule has 0 aromatic carbocycles. The van der Waals surface area contributed by atoms with Crippen molar-refractivity contribution in [3.63, 3.8) is 0 Å². The Balaban J connectivity index is 2.94. The Morgan fingerprint density at radius 1 is 1.23 bits per heavy atom. The van der Waals surface area contributed by atoms with Gasteiger partial charge in [0.05, 0.1) is 0 Å². The van der Waals surface area contributed by atoms with Crippen LogP contribution in [-0.4, -0.2) is 32.2 Å². The zero-order valence-electron chi connectivity index (χ0n) is 7.47. The summed E-state index contributed by atoms with van der Waals surface area (Å²) in [4.78, 5) is 7.58. The molecular formula is C7H11BN2O3. The topological polar surface area (TPSA) is 86.5 Å². The highest BCUT2D eigenvalue weighted by Crippen LogP contribution is 2.12. The van der Waals surface area contributed by atoms with Gasteiger partial charge in [-0.1, -0.05) is 0 Å². The normalized spacial score (nSPS) is 11.5. The molecule has 0 unspecified atom stereocenters. The Bertz CT molecular complexity index is 281. The molecule has 1 rings (SSSR count). The summed E-state index contributed by atoms with van der Waals surface area (Å²) in [5, 5.41) is 26.9. The fourth-order valence-corrected chi connectivity index (χ4v) is 0.787. The molecule has 0 atom stereocenters. The van der Waals surface area contributed by atoms with Crippen LogP contribution in [-0.2, 0) is 5.60 Å². The summed E-state index contributed by atoms with van der Waals surface area (Å²) in [6.07, 6.45) is 2.54. The molecule has 0 aliphatic heterocycles. The van der Waals surface area contributed by atoms with Crippen LogP contribution in [0.15, 0.2) is 12.4 Å². The van der Waals surface area contributed by atoms with E-state index in [-0.39, 0.29) is 11.3 Å². The highest BCUT2D eigenvalue weighted by molar-refractivity contribution is 6.58. The standard InChI is InChI=1S/C7H11BN2O3/c1-7(2,11)6-9-3-5(4-10-6)8(12)13/h3-4,11-13H,1-2H3. The minimum absolute atomic E-state index is 0.202. The number of aromatic nitrogens is 2. The highest BCUT2D eigenvalue weighted by atomic mass is 16.4. The number of hydrogen-bond acceptors (Lipinski definition) is 5. The molecule has 1 heterocycles. The third-order valence-electron chi connectivity index (χ3n) is 1.52. The lowest BCUT2D eigenvalue weighted by atomic mass is 9.83. The maximum Gasteiger partial charge on any atom is 0.491 e. The van der Waals surface area contributed by atoms with Gasteiger partial charge in [-0.25, -0.2) is 9.97 Å². The maximum atomic E-state index is 9.47. The average Bonchev–Trinajstić information content (AvgIpc) is 2.03. The molecule has 0 saturated carbocycles. The van der Waals surface area contributed by atoms with Gasteiger partial charge in [0.2, 0.25) is 0 Å². The second-order valence-electron chi connectivity index (χ2n) is 3.27. The van der Waals surface area contributed by atoms with Gasteiger partial charge in [0.1, 0.15) is 5.60 Å². The monoisotopic (exact) mass is 182 g/mol. The van der Waals surface area contributed by atoms with Crippen molar-refractivity contribution in [3.05, 3.63) is 18.2 Å². The molecule has 0 aliphatic carbocycles. The van der Waals surface area contributed by atoms with Crippen molar-refractivity contribution >= 4 is 12.6 Å². The number of hydrogen-bond donors (Lipinski definition) is 3. The summed E-state index contributed by atoms with van der Waals surface area (Å²) in [7, 11) is -1.57. The van der Waals surface area contributed by atoms with Gasteiger partial charge in [-0.3, -0.25) is 0 Å². The predicted octanol–water partition coefficient (Wildman–Crippen LogP) is -1.62. The van der Waals surface area contributed by atoms with E-state index >= 15 is 0 Å². The summed E-state index contributed by atoms with van der Waals surface area (Å²) < 4.78 is 0. The first-order valence-electron chi connectivity index (χ1n) is 3.82. The molecule has 0 saturated heterocycles. The zero-order valence-corrected chi connectivity index (χ0v) is 7.47. The molecule has 0 amide bonds. The smallest absolute Gasteiger partial charge is 0.423 e. The molecule has 5 nitrogen and oxygen atoms in total. The Hall–Kier alpha value is -0.975. The van der Waals surface area contributed by atoms with Crippen molar-refractivity contribution < 1.29 is 15.2 Å². The third kappa shape index (κ3) is 2.48. The first-order chi connectivity index (χ1) is 5.91. The third-order valence-corrected chi connectivity index (χ3v) is 1.52. The van der Waals surface area contributed by atoms with Crippen LogP contribution in [0.5, 0.6) is 0 Å². The molecule has 13 heavy (non-hydrogen) atoms. The van der Waals surface area contributed by atoms with E-state index in [0.29, 0.717) is 0 Å². The van der Waals surface area contributed by atoms with E-state index in [1.54, 1.807) is 13.8 Å². The second-order valence-corrected chi connectivity index (χ2v) is 3.27. The number of rotatable bonds is 2. The van der Waals surface area contributed by atoms with Gasteiger partial charge in [-0.05, 0) is 13.8 Å². The lowest BCUT2D eigenvalue weighted by Gasteiger charge is -2.14. The van der Waals surface area contributed by atoms with Crippen LogP contribution in [0.4, 0.5) is 0 Å². The van der Waals surface area contributed by atoms with Gasteiger partial charge in [0.25, 0.3) is 0 Å². The van der Waals surface area contributed by atoms with Gasteiger partial charge in [0, 0.05) is 17.9 Å². The lowest BCUT2D eigenvalue weighted by Crippen LogP contribution is -2.32. The highest BCUT2D eigenvalue weighted by Gasteiger charge is 2.20. The van der Waals surface area contributed by atoms with E-state index in [0.717, 1.165) is 0 Å². The molecule has 0 aliphatic rings. The van der Waals surface area contributed by atoms with E-state index in [9.17, 15) is 5.11 Å². The molecule has 0 radical (unpaired) electrons. The van der Waals surface area contributed by atoms with Crippen LogP contribution in [0.2, 0.25) is 0 Å². The lowest BCUT2D eigenvalue weighted by molar-refractivity contribution is 0.0687. The minimum atomic E-state index is -1.57. The predicted molar refractivity (Wildman–Crippen MR) is 47.1 cm³/mol.